The van der Waals surface area contributed by atoms with Gasteiger partial charge in [-0.2, -0.15) is 0 Å². The van der Waals surface area contributed by atoms with Crippen molar-refractivity contribution in [1.29, 1.82) is 0 Å². The lowest BCUT2D eigenvalue weighted by Crippen LogP contribution is -2.22. The second-order valence-electron chi connectivity index (χ2n) is 9.18. The lowest BCUT2D eigenvalue weighted by molar-refractivity contribution is 0.0951. The zero-order chi connectivity index (χ0) is 27.2. The summed E-state index contributed by atoms with van der Waals surface area (Å²) >= 11 is 0. The summed E-state index contributed by atoms with van der Waals surface area (Å²) in [5.74, 6) is -0.210. The first kappa shape index (κ1) is 25.5. The molecule has 0 aliphatic heterocycles. The van der Waals surface area contributed by atoms with E-state index in [0.717, 1.165) is 38.1 Å². The van der Waals surface area contributed by atoms with Crippen molar-refractivity contribution in [2.75, 3.05) is 0 Å². The SMILES string of the molecule is Cc1cc(C(=O)NCc2ccccc2)ccc1-c1cccc(COc2ccc(Cn3oc(=O)[nH]c3=O)cc2)c1. The van der Waals surface area contributed by atoms with Crippen molar-refractivity contribution in [1.82, 2.24) is 15.0 Å². The number of aromatic amines is 1. The van der Waals surface area contributed by atoms with E-state index in [1.54, 1.807) is 12.1 Å². The Morgan fingerprint density at radius 1 is 0.872 bits per heavy atom. The predicted molar refractivity (Wildman–Crippen MR) is 148 cm³/mol. The number of aromatic nitrogens is 2. The van der Waals surface area contributed by atoms with Crippen molar-refractivity contribution in [3.8, 4) is 16.9 Å². The highest BCUT2D eigenvalue weighted by atomic mass is 16.5. The molecular weight excluding hydrogens is 494 g/mol. The molecule has 4 aromatic carbocycles. The molecule has 0 fully saturated rings. The number of hydrogen-bond acceptors (Lipinski definition) is 5. The van der Waals surface area contributed by atoms with E-state index >= 15 is 0 Å². The number of benzene rings is 4. The molecule has 0 atom stereocenters. The van der Waals surface area contributed by atoms with Crippen LogP contribution in [0.5, 0.6) is 5.75 Å². The van der Waals surface area contributed by atoms with Crippen LogP contribution in [-0.4, -0.2) is 15.6 Å². The normalized spacial score (nSPS) is 10.8. The van der Waals surface area contributed by atoms with Gasteiger partial charge in [0.25, 0.3) is 5.91 Å². The van der Waals surface area contributed by atoms with Crippen LogP contribution in [0, 0.1) is 6.92 Å². The van der Waals surface area contributed by atoms with Gasteiger partial charge < -0.3 is 14.6 Å². The number of nitrogens with one attached hydrogen (secondary N) is 2. The first-order chi connectivity index (χ1) is 18.9. The number of rotatable bonds is 9. The molecule has 1 heterocycles. The van der Waals surface area contributed by atoms with Crippen molar-refractivity contribution in [3.63, 3.8) is 0 Å². The van der Waals surface area contributed by atoms with Gasteiger partial charge in [-0.3, -0.25) is 4.79 Å². The molecule has 0 aliphatic carbocycles. The highest BCUT2D eigenvalue weighted by Crippen LogP contribution is 2.26. The van der Waals surface area contributed by atoms with Crippen LogP contribution in [-0.2, 0) is 19.7 Å². The van der Waals surface area contributed by atoms with Crippen LogP contribution in [0.2, 0.25) is 0 Å². The fourth-order valence-electron chi connectivity index (χ4n) is 4.28. The Morgan fingerprint density at radius 2 is 1.64 bits per heavy atom. The van der Waals surface area contributed by atoms with Crippen molar-refractivity contribution in [2.24, 2.45) is 0 Å². The van der Waals surface area contributed by atoms with Gasteiger partial charge in [-0.25, -0.2) is 14.6 Å². The van der Waals surface area contributed by atoms with Crippen molar-refractivity contribution < 1.29 is 14.1 Å². The van der Waals surface area contributed by atoms with Gasteiger partial charge in [-0.1, -0.05) is 66.7 Å². The molecule has 0 saturated heterocycles. The van der Waals surface area contributed by atoms with Gasteiger partial charge in [0, 0.05) is 12.1 Å². The second-order valence-corrected chi connectivity index (χ2v) is 9.18. The Labute approximate surface area is 224 Å². The molecule has 2 N–H and O–H groups in total. The van der Waals surface area contributed by atoms with Crippen molar-refractivity contribution in [3.05, 3.63) is 146 Å². The highest BCUT2D eigenvalue weighted by Gasteiger charge is 2.10. The summed E-state index contributed by atoms with van der Waals surface area (Å²) in [6, 6.07) is 30.9. The number of aryl methyl sites for hydroxylation is 1. The second kappa shape index (κ2) is 11.5. The molecule has 0 bridgehead atoms. The number of amides is 1. The number of hydrogen-bond donors (Lipinski definition) is 2. The standard InChI is InChI=1S/C31H27N3O5/c1-21-16-26(29(35)32-18-22-6-3-2-4-7-22)12-15-28(21)25-9-5-8-24(17-25)20-38-27-13-10-23(11-14-27)19-34-30(36)33-31(37)39-34/h2-17H,18-20H2,1H3,(H,32,35)(H,33,36,37). The molecule has 5 aromatic rings. The molecule has 1 aromatic heterocycles. The van der Waals surface area contributed by atoms with E-state index in [1.165, 1.54) is 0 Å². The number of carbonyl (C=O) groups is 1. The third-order valence-electron chi connectivity index (χ3n) is 6.31. The fraction of sp³-hybridized carbons (Fsp3) is 0.129. The molecular formula is C31H27N3O5. The van der Waals surface area contributed by atoms with Crippen LogP contribution in [0.3, 0.4) is 0 Å². The molecule has 8 nitrogen and oxygen atoms in total. The summed E-state index contributed by atoms with van der Waals surface area (Å²) in [6.45, 7) is 3.00. The monoisotopic (exact) mass is 521 g/mol. The van der Waals surface area contributed by atoms with Crippen LogP contribution in [0.1, 0.15) is 32.6 Å². The van der Waals surface area contributed by atoms with Gasteiger partial charge in [0.15, 0.2) is 0 Å². The molecule has 39 heavy (non-hydrogen) atoms. The molecule has 0 unspecified atom stereocenters. The molecule has 0 spiro atoms. The van der Waals surface area contributed by atoms with Crippen LogP contribution >= 0.6 is 0 Å². The van der Waals surface area contributed by atoms with E-state index in [9.17, 15) is 14.4 Å². The maximum absolute atomic E-state index is 12.7. The number of carbonyl (C=O) groups excluding carboxylic acids is 1. The Hall–Kier alpha value is -5.11. The average molecular weight is 522 g/mol. The van der Waals surface area contributed by atoms with Crippen LogP contribution in [0.25, 0.3) is 11.1 Å². The van der Waals surface area contributed by atoms with Gasteiger partial charge in [-0.05, 0) is 70.6 Å². The lowest BCUT2D eigenvalue weighted by Gasteiger charge is -2.12. The van der Waals surface area contributed by atoms with Gasteiger partial charge in [0.05, 0.1) is 6.54 Å². The molecule has 0 saturated carbocycles. The van der Waals surface area contributed by atoms with Crippen molar-refractivity contribution in [2.45, 2.75) is 26.6 Å². The van der Waals surface area contributed by atoms with Crippen LogP contribution < -0.4 is 21.5 Å². The van der Waals surface area contributed by atoms with Gasteiger partial charge in [-0.15, -0.1) is 4.74 Å². The minimum atomic E-state index is -0.780. The highest BCUT2D eigenvalue weighted by molar-refractivity contribution is 5.95. The zero-order valence-corrected chi connectivity index (χ0v) is 21.3. The molecule has 0 aliphatic rings. The Bertz CT molecular complexity index is 1700. The Morgan fingerprint density at radius 3 is 2.36 bits per heavy atom. The number of H-pyrrole nitrogens is 1. The quantitative estimate of drug-likeness (QED) is 0.293. The third-order valence-corrected chi connectivity index (χ3v) is 6.31. The number of ether oxygens (including phenoxy) is 1. The maximum atomic E-state index is 12.7. The third kappa shape index (κ3) is 6.42. The zero-order valence-electron chi connectivity index (χ0n) is 21.3. The summed E-state index contributed by atoms with van der Waals surface area (Å²) in [6.07, 6.45) is 0. The molecule has 0 radical (unpaired) electrons. The van der Waals surface area contributed by atoms with E-state index in [0.29, 0.717) is 24.5 Å². The van der Waals surface area contributed by atoms with E-state index in [-0.39, 0.29) is 12.5 Å². The minimum Gasteiger partial charge on any atom is -0.489 e. The first-order valence-corrected chi connectivity index (χ1v) is 12.5. The van der Waals surface area contributed by atoms with E-state index in [4.69, 9.17) is 9.26 Å². The van der Waals surface area contributed by atoms with Crippen LogP contribution in [0.15, 0.2) is 111 Å². The predicted octanol–water partition coefficient (Wildman–Crippen LogP) is 4.66. The molecule has 5 rings (SSSR count). The Kier molecular flexibility index (Phi) is 7.54. The fourth-order valence-corrected chi connectivity index (χ4v) is 4.28. The molecule has 196 valence electrons. The smallest absolute Gasteiger partial charge is 0.440 e. The topological polar surface area (TPSA) is 106 Å². The summed E-state index contributed by atoms with van der Waals surface area (Å²) in [4.78, 5) is 37.5. The van der Waals surface area contributed by atoms with Gasteiger partial charge in [0.2, 0.25) is 0 Å². The van der Waals surface area contributed by atoms with Gasteiger partial charge >= 0.3 is 11.4 Å². The van der Waals surface area contributed by atoms with Gasteiger partial charge in [0.1, 0.15) is 12.4 Å². The Balaban J connectivity index is 1.20. The summed E-state index contributed by atoms with van der Waals surface area (Å²) in [5.41, 5.74) is 5.98. The largest absolute Gasteiger partial charge is 0.489 e. The summed E-state index contributed by atoms with van der Waals surface area (Å²) in [5, 5.41) is 2.97. The van der Waals surface area contributed by atoms with E-state index in [1.807, 2.05) is 85.8 Å². The lowest BCUT2D eigenvalue weighted by atomic mass is 9.97. The average Bonchev–Trinajstić information content (AvgIpc) is 3.27. The summed E-state index contributed by atoms with van der Waals surface area (Å²) in [7, 11) is 0. The molecule has 8 heteroatoms. The maximum Gasteiger partial charge on any atom is 0.440 e. The minimum absolute atomic E-state index is 0.105. The van der Waals surface area contributed by atoms with E-state index in [2.05, 4.69) is 16.4 Å². The number of nitrogens with zero attached hydrogens (tertiary/aromatic N) is 1. The summed E-state index contributed by atoms with van der Waals surface area (Å²) < 4.78 is 11.7. The van der Waals surface area contributed by atoms with Crippen molar-refractivity contribution >= 4 is 5.91 Å². The van der Waals surface area contributed by atoms with Crippen LogP contribution in [0.4, 0.5) is 0 Å². The molecule has 1 amide bonds. The first-order valence-electron chi connectivity index (χ1n) is 12.5. The van der Waals surface area contributed by atoms with E-state index < -0.39 is 11.4 Å².